The average Bonchev–Trinajstić information content (AvgIpc) is 2.84. The Hall–Kier alpha value is -2.59. The molecule has 1 unspecified atom stereocenters. The maximum Gasteiger partial charge on any atom is 0.246 e. The van der Waals surface area contributed by atoms with Crippen LogP contribution in [0.4, 0.5) is 11.6 Å². The van der Waals surface area contributed by atoms with Crippen molar-refractivity contribution in [1.82, 2.24) is 14.5 Å². The van der Waals surface area contributed by atoms with E-state index in [2.05, 4.69) is 26.9 Å². The summed E-state index contributed by atoms with van der Waals surface area (Å²) < 4.78 is 38.4. The SMILES string of the molecule is COc1ccc(S(=O)(=O)N2CCN(c3ccc(N4CCCCC4C)nn3)CC2)c(OC)c1. The zero-order chi connectivity index (χ0) is 22.7. The number of ether oxygens (including phenoxy) is 2. The molecule has 10 heteroatoms. The van der Waals surface area contributed by atoms with E-state index in [1.165, 1.54) is 43.9 Å². The van der Waals surface area contributed by atoms with E-state index < -0.39 is 10.0 Å². The van der Waals surface area contributed by atoms with Crippen LogP contribution in [0.1, 0.15) is 26.2 Å². The molecule has 0 aliphatic carbocycles. The van der Waals surface area contributed by atoms with E-state index in [1.807, 2.05) is 12.1 Å². The quantitative estimate of drug-likeness (QED) is 0.648. The van der Waals surface area contributed by atoms with Gasteiger partial charge in [0.25, 0.3) is 0 Å². The maximum atomic E-state index is 13.2. The monoisotopic (exact) mass is 461 g/mol. The highest BCUT2D eigenvalue weighted by molar-refractivity contribution is 7.89. The molecule has 0 bridgehead atoms. The Kier molecular flexibility index (Phi) is 6.71. The molecule has 1 atom stereocenters. The first-order chi connectivity index (χ1) is 15.4. The van der Waals surface area contributed by atoms with E-state index in [0.29, 0.717) is 38.0 Å². The van der Waals surface area contributed by atoms with Crippen molar-refractivity contribution in [2.45, 2.75) is 37.1 Å². The molecule has 0 spiro atoms. The molecule has 32 heavy (non-hydrogen) atoms. The number of aromatic nitrogens is 2. The lowest BCUT2D eigenvalue weighted by Crippen LogP contribution is -2.49. The van der Waals surface area contributed by atoms with Gasteiger partial charge in [-0.3, -0.25) is 0 Å². The van der Waals surface area contributed by atoms with Crippen molar-refractivity contribution >= 4 is 21.7 Å². The molecule has 2 saturated heterocycles. The van der Waals surface area contributed by atoms with Gasteiger partial charge in [0.05, 0.1) is 14.2 Å². The molecule has 174 valence electrons. The maximum absolute atomic E-state index is 13.2. The number of nitrogens with zero attached hydrogens (tertiary/aromatic N) is 5. The zero-order valence-electron chi connectivity index (χ0n) is 18.9. The zero-order valence-corrected chi connectivity index (χ0v) is 19.7. The lowest BCUT2D eigenvalue weighted by Gasteiger charge is -2.36. The van der Waals surface area contributed by atoms with Crippen molar-refractivity contribution in [3.63, 3.8) is 0 Å². The molecule has 3 heterocycles. The van der Waals surface area contributed by atoms with Crippen LogP contribution in [0.25, 0.3) is 0 Å². The van der Waals surface area contributed by atoms with Gasteiger partial charge in [-0.05, 0) is 50.5 Å². The molecule has 2 aliphatic rings. The van der Waals surface area contributed by atoms with Crippen LogP contribution in [0, 0.1) is 0 Å². The summed E-state index contributed by atoms with van der Waals surface area (Å²) in [6.07, 6.45) is 3.63. The van der Waals surface area contributed by atoms with E-state index in [0.717, 1.165) is 18.2 Å². The lowest BCUT2D eigenvalue weighted by atomic mass is 10.0. The van der Waals surface area contributed by atoms with E-state index in [4.69, 9.17) is 9.47 Å². The predicted molar refractivity (Wildman–Crippen MR) is 123 cm³/mol. The van der Waals surface area contributed by atoms with Gasteiger partial charge in [0, 0.05) is 44.8 Å². The number of piperazine rings is 1. The van der Waals surface area contributed by atoms with E-state index in [9.17, 15) is 8.42 Å². The highest BCUT2D eigenvalue weighted by Gasteiger charge is 2.31. The molecule has 0 N–H and O–H groups in total. The van der Waals surface area contributed by atoms with Gasteiger partial charge in [-0.15, -0.1) is 10.2 Å². The minimum atomic E-state index is -3.68. The number of hydrogen-bond donors (Lipinski definition) is 0. The molecule has 2 aliphatic heterocycles. The fourth-order valence-electron chi connectivity index (χ4n) is 4.36. The van der Waals surface area contributed by atoms with Crippen molar-refractivity contribution in [2.75, 3.05) is 56.7 Å². The highest BCUT2D eigenvalue weighted by Crippen LogP contribution is 2.31. The number of rotatable bonds is 6. The minimum Gasteiger partial charge on any atom is -0.497 e. The third kappa shape index (κ3) is 4.47. The normalized spacial score (nSPS) is 20.3. The predicted octanol–water partition coefficient (Wildman–Crippen LogP) is 2.38. The van der Waals surface area contributed by atoms with Crippen LogP contribution in [0.15, 0.2) is 35.2 Å². The van der Waals surface area contributed by atoms with Gasteiger partial charge in [-0.1, -0.05) is 0 Å². The first-order valence-corrected chi connectivity index (χ1v) is 12.5. The first-order valence-electron chi connectivity index (χ1n) is 11.0. The summed E-state index contributed by atoms with van der Waals surface area (Å²) in [5, 5.41) is 8.89. The summed E-state index contributed by atoms with van der Waals surface area (Å²) in [7, 11) is -0.690. The van der Waals surface area contributed by atoms with Gasteiger partial charge in [-0.2, -0.15) is 4.31 Å². The number of anilines is 2. The van der Waals surface area contributed by atoms with Crippen LogP contribution in [-0.4, -0.2) is 75.9 Å². The van der Waals surface area contributed by atoms with E-state index in [1.54, 1.807) is 12.1 Å². The number of piperidine rings is 1. The van der Waals surface area contributed by atoms with Crippen molar-refractivity contribution in [1.29, 1.82) is 0 Å². The summed E-state index contributed by atoms with van der Waals surface area (Å²) >= 11 is 0. The molecule has 0 radical (unpaired) electrons. The second kappa shape index (κ2) is 9.50. The molecular formula is C22H31N5O4S. The van der Waals surface area contributed by atoms with E-state index in [-0.39, 0.29) is 10.6 Å². The van der Waals surface area contributed by atoms with Crippen LogP contribution < -0.4 is 19.3 Å². The molecule has 2 aromatic rings. The molecule has 1 aromatic carbocycles. The summed E-state index contributed by atoms with van der Waals surface area (Å²) in [6, 6.07) is 9.24. The first kappa shape index (κ1) is 22.6. The Morgan fingerprint density at radius 3 is 2.25 bits per heavy atom. The van der Waals surface area contributed by atoms with Gasteiger partial charge < -0.3 is 19.3 Å². The summed E-state index contributed by atoms with van der Waals surface area (Å²) in [6.45, 7) is 5.07. The fraction of sp³-hybridized carbons (Fsp3) is 0.545. The molecule has 2 fully saturated rings. The summed E-state index contributed by atoms with van der Waals surface area (Å²) in [5.74, 6) is 2.51. The molecular weight excluding hydrogens is 430 g/mol. The Labute approximate surface area is 190 Å². The number of hydrogen-bond acceptors (Lipinski definition) is 8. The lowest BCUT2D eigenvalue weighted by molar-refractivity contribution is 0.369. The number of methoxy groups -OCH3 is 2. The van der Waals surface area contributed by atoms with Crippen LogP contribution >= 0.6 is 0 Å². The van der Waals surface area contributed by atoms with Crippen molar-refractivity contribution in [3.8, 4) is 11.5 Å². The smallest absolute Gasteiger partial charge is 0.246 e. The van der Waals surface area contributed by atoms with Gasteiger partial charge >= 0.3 is 0 Å². The topological polar surface area (TPSA) is 88.1 Å². The number of benzene rings is 1. The van der Waals surface area contributed by atoms with Crippen LogP contribution in [0.3, 0.4) is 0 Å². The third-order valence-electron chi connectivity index (χ3n) is 6.28. The Morgan fingerprint density at radius 1 is 0.906 bits per heavy atom. The second-order valence-electron chi connectivity index (χ2n) is 8.20. The molecule has 4 rings (SSSR count). The molecule has 0 amide bonds. The van der Waals surface area contributed by atoms with Crippen molar-refractivity contribution in [2.24, 2.45) is 0 Å². The van der Waals surface area contributed by atoms with Crippen LogP contribution in [0.2, 0.25) is 0 Å². The average molecular weight is 462 g/mol. The van der Waals surface area contributed by atoms with Crippen LogP contribution in [-0.2, 0) is 10.0 Å². The van der Waals surface area contributed by atoms with Gasteiger partial charge in [0.1, 0.15) is 16.4 Å². The fourth-order valence-corrected chi connectivity index (χ4v) is 5.92. The molecule has 1 aromatic heterocycles. The largest absolute Gasteiger partial charge is 0.497 e. The van der Waals surface area contributed by atoms with Gasteiger partial charge in [0.2, 0.25) is 10.0 Å². The number of sulfonamides is 1. The minimum absolute atomic E-state index is 0.147. The van der Waals surface area contributed by atoms with Gasteiger partial charge in [0.15, 0.2) is 11.6 Å². The highest BCUT2D eigenvalue weighted by atomic mass is 32.2. The Morgan fingerprint density at radius 2 is 1.62 bits per heavy atom. The second-order valence-corrected chi connectivity index (χ2v) is 10.1. The summed E-state index contributed by atoms with van der Waals surface area (Å²) in [4.78, 5) is 4.54. The Bertz CT molecular complexity index is 1020. The van der Waals surface area contributed by atoms with Crippen molar-refractivity contribution < 1.29 is 17.9 Å². The summed E-state index contributed by atoms with van der Waals surface area (Å²) in [5.41, 5.74) is 0. The standard InChI is InChI=1S/C22H31N5O4S/c1-17-6-4-5-11-27(17)22-10-9-21(23-24-22)25-12-14-26(15-13-25)32(28,29)20-8-7-18(30-2)16-19(20)31-3/h7-10,16-17H,4-6,11-15H2,1-3H3. The van der Waals surface area contributed by atoms with Crippen molar-refractivity contribution in [3.05, 3.63) is 30.3 Å². The molecule has 9 nitrogen and oxygen atoms in total. The van der Waals surface area contributed by atoms with E-state index >= 15 is 0 Å². The van der Waals surface area contributed by atoms with Gasteiger partial charge in [-0.25, -0.2) is 8.42 Å². The van der Waals surface area contributed by atoms with Crippen LogP contribution in [0.5, 0.6) is 11.5 Å². The Balaban J connectivity index is 1.43. The third-order valence-corrected chi connectivity index (χ3v) is 8.22. The molecule has 0 saturated carbocycles.